The molecule has 2 aliphatic rings. The molecule has 3 aromatic rings. The molecule has 4 N–H and O–H groups in total. The summed E-state index contributed by atoms with van der Waals surface area (Å²) >= 11 is 0. The molecule has 0 aliphatic carbocycles. The van der Waals surface area contributed by atoms with Gasteiger partial charge in [0.25, 0.3) is 0 Å². The van der Waals surface area contributed by atoms with Gasteiger partial charge in [0.2, 0.25) is 5.91 Å². The lowest BCUT2D eigenvalue weighted by Crippen LogP contribution is -2.54. The molecule has 2 heterocycles. The fraction of sp³-hybridized carbons (Fsp3) is 0.345. The standard InChI is InChI=1S/C29H34N4O3/c1-3-36-23-15-9-20(10-16-23)25-17-24(29(34)30-18-19-7-5-4-6-8-19)26-27(32-33-28(26)31-25)21-11-13-22(35-2)14-12-21/h4-16,24-28,31-33H,3,17-18H2,1-2H3,(H,30,34). The molecular formula is C29H34N4O3. The first-order chi connectivity index (χ1) is 17.7. The van der Waals surface area contributed by atoms with Crippen LogP contribution in [-0.4, -0.2) is 25.8 Å². The van der Waals surface area contributed by atoms with Gasteiger partial charge in [-0.25, -0.2) is 10.9 Å². The number of hydrazine groups is 1. The van der Waals surface area contributed by atoms with E-state index in [4.69, 9.17) is 9.47 Å². The van der Waals surface area contributed by atoms with Crippen LogP contribution < -0.4 is 31.0 Å². The van der Waals surface area contributed by atoms with Crippen molar-refractivity contribution in [1.29, 1.82) is 0 Å². The van der Waals surface area contributed by atoms with Crippen molar-refractivity contribution in [3.8, 4) is 11.5 Å². The van der Waals surface area contributed by atoms with Gasteiger partial charge in [-0.2, -0.15) is 0 Å². The van der Waals surface area contributed by atoms with Crippen molar-refractivity contribution in [2.75, 3.05) is 13.7 Å². The average molecular weight is 487 g/mol. The summed E-state index contributed by atoms with van der Waals surface area (Å²) in [5.41, 5.74) is 10.2. The van der Waals surface area contributed by atoms with Crippen LogP contribution in [0.1, 0.15) is 42.1 Å². The van der Waals surface area contributed by atoms with Gasteiger partial charge in [0, 0.05) is 24.4 Å². The highest BCUT2D eigenvalue weighted by atomic mass is 16.5. The zero-order valence-corrected chi connectivity index (χ0v) is 20.7. The minimum absolute atomic E-state index is 0.0119. The third kappa shape index (κ3) is 5.23. The molecular weight excluding hydrogens is 452 g/mol. The van der Waals surface area contributed by atoms with E-state index >= 15 is 0 Å². The number of carbonyl (C=O) groups is 1. The molecule has 0 aromatic heterocycles. The normalized spacial score (nSPS) is 25.1. The summed E-state index contributed by atoms with van der Waals surface area (Å²) in [6, 6.07) is 26.3. The van der Waals surface area contributed by atoms with Gasteiger partial charge in [0.1, 0.15) is 11.5 Å². The maximum absolute atomic E-state index is 13.7. The van der Waals surface area contributed by atoms with Crippen molar-refractivity contribution in [1.82, 2.24) is 21.5 Å². The van der Waals surface area contributed by atoms with E-state index in [-0.39, 0.29) is 36.0 Å². The molecule has 5 atom stereocenters. The van der Waals surface area contributed by atoms with Crippen molar-refractivity contribution in [3.05, 3.63) is 95.6 Å². The lowest BCUT2D eigenvalue weighted by atomic mass is 9.74. The quantitative estimate of drug-likeness (QED) is 0.387. The second-order valence-electron chi connectivity index (χ2n) is 9.36. The molecule has 0 spiro atoms. The number of hydrogen-bond acceptors (Lipinski definition) is 6. The van der Waals surface area contributed by atoms with E-state index in [1.165, 1.54) is 0 Å². The summed E-state index contributed by atoms with van der Waals surface area (Å²) in [5.74, 6) is 1.60. The number of ether oxygens (including phenoxy) is 2. The molecule has 188 valence electrons. The number of fused-ring (bicyclic) bond motifs is 1. The third-order valence-corrected chi connectivity index (χ3v) is 7.21. The van der Waals surface area contributed by atoms with Gasteiger partial charge in [0.15, 0.2) is 0 Å². The fourth-order valence-electron chi connectivity index (χ4n) is 5.39. The Hall–Kier alpha value is -3.39. The first-order valence-corrected chi connectivity index (χ1v) is 12.6. The number of piperidine rings is 1. The Morgan fingerprint density at radius 2 is 1.61 bits per heavy atom. The molecule has 2 saturated heterocycles. The highest BCUT2D eigenvalue weighted by molar-refractivity contribution is 5.79. The summed E-state index contributed by atoms with van der Waals surface area (Å²) in [6.45, 7) is 3.13. The first kappa shape index (κ1) is 24.3. The minimum Gasteiger partial charge on any atom is -0.497 e. The molecule has 2 fully saturated rings. The SMILES string of the molecule is CCOc1ccc(C2CC(C(=O)NCc3ccccc3)C3C(NNC3c3ccc(OC)cc3)N2)cc1. The van der Waals surface area contributed by atoms with Crippen LogP contribution in [-0.2, 0) is 11.3 Å². The number of hydrogen-bond donors (Lipinski definition) is 4. The summed E-state index contributed by atoms with van der Waals surface area (Å²) in [4.78, 5) is 13.7. The number of carbonyl (C=O) groups excluding carboxylic acids is 1. The smallest absolute Gasteiger partial charge is 0.223 e. The van der Waals surface area contributed by atoms with Crippen LogP contribution in [0.4, 0.5) is 0 Å². The molecule has 3 aromatic carbocycles. The Morgan fingerprint density at radius 1 is 0.917 bits per heavy atom. The summed E-state index contributed by atoms with van der Waals surface area (Å²) in [5, 5.41) is 6.95. The van der Waals surface area contributed by atoms with Gasteiger partial charge in [0.05, 0.1) is 25.9 Å². The van der Waals surface area contributed by atoms with Crippen molar-refractivity contribution in [3.63, 3.8) is 0 Å². The summed E-state index contributed by atoms with van der Waals surface area (Å²) in [6.07, 6.45) is 0.640. The number of amides is 1. The highest BCUT2D eigenvalue weighted by Crippen LogP contribution is 2.42. The lowest BCUT2D eigenvalue weighted by Gasteiger charge is -2.40. The van der Waals surface area contributed by atoms with Crippen LogP contribution in [0.2, 0.25) is 0 Å². The predicted molar refractivity (Wildman–Crippen MR) is 139 cm³/mol. The average Bonchev–Trinajstić information content (AvgIpc) is 3.36. The zero-order valence-electron chi connectivity index (χ0n) is 20.7. The largest absolute Gasteiger partial charge is 0.497 e. The van der Waals surface area contributed by atoms with Gasteiger partial charge in [-0.15, -0.1) is 0 Å². The van der Waals surface area contributed by atoms with Crippen LogP contribution in [0.3, 0.4) is 0 Å². The van der Waals surface area contributed by atoms with Crippen molar-refractivity contribution in [2.24, 2.45) is 11.8 Å². The maximum Gasteiger partial charge on any atom is 0.223 e. The topological polar surface area (TPSA) is 83.7 Å². The third-order valence-electron chi connectivity index (χ3n) is 7.21. The van der Waals surface area contributed by atoms with Crippen LogP contribution in [0.25, 0.3) is 0 Å². The Morgan fingerprint density at radius 3 is 2.31 bits per heavy atom. The van der Waals surface area contributed by atoms with Gasteiger partial charge in [-0.05, 0) is 54.3 Å². The molecule has 2 aliphatic heterocycles. The van der Waals surface area contributed by atoms with E-state index in [0.29, 0.717) is 19.6 Å². The van der Waals surface area contributed by atoms with E-state index in [0.717, 1.165) is 28.2 Å². The molecule has 7 nitrogen and oxygen atoms in total. The second-order valence-corrected chi connectivity index (χ2v) is 9.36. The van der Waals surface area contributed by atoms with E-state index in [9.17, 15) is 4.79 Å². The number of rotatable bonds is 8. The Labute approximate surface area is 212 Å². The number of methoxy groups -OCH3 is 1. The van der Waals surface area contributed by atoms with Crippen molar-refractivity contribution in [2.45, 2.75) is 38.1 Å². The molecule has 5 unspecified atom stereocenters. The molecule has 7 heteroatoms. The molecule has 0 saturated carbocycles. The van der Waals surface area contributed by atoms with Gasteiger partial charge < -0.3 is 14.8 Å². The van der Waals surface area contributed by atoms with E-state index < -0.39 is 0 Å². The summed E-state index contributed by atoms with van der Waals surface area (Å²) < 4.78 is 11.0. The van der Waals surface area contributed by atoms with Gasteiger partial charge in [-0.3, -0.25) is 10.1 Å². The second kappa shape index (κ2) is 11.1. The first-order valence-electron chi connectivity index (χ1n) is 12.6. The van der Waals surface area contributed by atoms with Crippen LogP contribution in [0.15, 0.2) is 78.9 Å². The highest BCUT2D eigenvalue weighted by Gasteiger charge is 2.49. The minimum atomic E-state index is -0.189. The van der Waals surface area contributed by atoms with E-state index in [1.54, 1.807) is 7.11 Å². The van der Waals surface area contributed by atoms with Crippen LogP contribution >= 0.6 is 0 Å². The monoisotopic (exact) mass is 486 g/mol. The van der Waals surface area contributed by atoms with E-state index in [1.807, 2.05) is 61.5 Å². The van der Waals surface area contributed by atoms with Crippen LogP contribution in [0, 0.1) is 11.8 Å². The van der Waals surface area contributed by atoms with Gasteiger partial charge >= 0.3 is 0 Å². The predicted octanol–water partition coefficient (Wildman–Crippen LogP) is 3.85. The van der Waals surface area contributed by atoms with Crippen molar-refractivity contribution < 1.29 is 14.3 Å². The Kier molecular flexibility index (Phi) is 7.51. The van der Waals surface area contributed by atoms with Gasteiger partial charge in [-0.1, -0.05) is 54.6 Å². The molecule has 5 rings (SSSR count). The maximum atomic E-state index is 13.7. The Bertz CT molecular complexity index is 1140. The number of nitrogens with one attached hydrogen (secondary N) is 4. The lowest BCUT2D eigenvalue weighted by molar-refractivity contribution is -0.129. The van der Waals surface area contributed by atoms with Crippen molar-refractivity contribution >= 4 is 5.91 Å². The summed E-state index contributed by atoms with van der Waals surface area (Å²) in [7, 11) is 1.67. The molecule has 36 heavy (non-hydrogen) atoms. The number of benzene rings is 3. The fourth-order valence-corrected chi connectivity index (χ4v) is 5.39. The van der Waals surface area contributed by atoms with Crippen LogP contribution in [0.5, 0.6) is 11.5 Å². The molecule has 0 bridgehead atoms. The van der Waals surface area contributed by atoms with E-state index in [2.05, 4.69) is 45.8 Å². The zero-order chi connectivity index (χ0) is 24.9. The Balaban J connectivity index is 1.39. The molecule has 1 amide bonds. The molecule has 0 radical (unpaired) electrons.